The summed E-state index contributed by atoms with van der Waals surface area (Å²) in [6.45, 7) is 14.8. The van der Waals surface area contributed by atoms with Crippen molar-refractivity contribution < 1.29 is 34.4 Å². The summed E-state index contributed by atoms with van der Waals surface area (Å²) in [7, 11) is 0. The van der Waals surface area contributed by atoms with E-state index in [2.05, 4.69) is 69.3 Å². The van der Waals surface area contributed by atoms with Crippen molar-refractivity contribution in [3.63, 3.8) is 0 Å². The van der Waals surface area contributed by atoms with Crippen molar-refractivity contribution in [2.24, 2.45) is 11.8 Å². The molecule has 0 aliphatic heterocycles. The Balaban J connectivity index is 0.000000230. The zero-order chi connectivity index (χ0) is 30.2. The van der Waals surface area contributed by atoms with E-state index in [1.165, 1.54) is 33.5 Å². The molecule has 3 aromatic carbocycles. The molecule has 4 nitrogen and oxygen atoms in total. The number of pyridine rings is 1. The molecule has 2 heterocycles. The first-order chi connectivity index (χ1) is 20.1. The van der Waals surface area contributed by atoms with Crippen LogP contribution in [0.4, 0.5) is 0 Å². The predicted molar refractivity (Wildman–Crippen MR) is 174 cm³/mol. The summed E-state index contributed by atoms with van der Waals surface area (Å²) >= 11 is 0. The Labute approximate surface area is 268 Å². The van der Waals surface area contributed by atoms with Gasteiger partial charge in [-0.1, -0.05) is 88.4 Å². The minimum absolute atomic E-state index is 0. The van der Waals surface area contributed by atoms with E-state index in [1.807, 2.05) is 39.8 Å². The van der Waals surface area contributed by atoms with Crippen molar-refractivity contribution in [3.05, 3.63) is 89.2 Å². The fourth-order valence-corrected chi connectivity index (χ4v) is 6.40. The van der Waals surface area contributed by atoms with Crippen LogP contribution in [-0.2, 0) is 30.3 Å². The molecular weight excluding hydrogens is 711 g/mol. The number of nitrogens with zero attached hydrogens (tertiary/aromatic N) is 1. The van der Waals surface area contributed by atoms with Gasteiger partial charge >= 0.3 is 0 Å². The number of allylic oxidation sites excluding steroid dienone is 2. The van der Waals surface area contributed by atoms with Crippen LogP contribution in [0.3, 0.4) is 0 Å². The van der Waals surface area contributed by atoms with E-state index in [1.54, 1.807) is 0 Å². The molecule has 0 unspecified atom stereocenters. The number of aliphatic hydroxyl groups is 1. The van der Waals surface area contributed by atoms with Gasteiger partial charge in [-0.15, -0.1) is 17.7 Å². The van der Waals surface area contributed by atoms with Crippen molar-refractivity contribution >= 4 is 38.6 Å². The molecule has 0 fully saturated rings. The number of benzene rings is 3. The summed E-state index contributed by atoms with van der Waals surface area (Å²) in [4.78, 5) is 16.8. The van der Waals surface area contributed by atoms with Crippen LogP contribution in [0.5, 0.6) is 0 Å². The summed E-state index contributed by atoms with van der Waals surface area (Å²) in [6, 6.07) is 22.6. The zero-order valence-corrected chi connectivity index (χ0v) is 28.7. The van der Waals surface area contributed by atoms with Crippen LogP contribution in [0.2, 0.25) is 0 Å². The van der Waals surface area contributed by atoms with Gasteiger partial charge in [-0.25, -0.2) is 0 Å². The van der Waals surface area contributed by atoms with Crippen LogP contribution in [0.15, 0.2) is 70.8 Å². The number of furan rings is 1. The minimum atomic E-state index is -0.191. The average molecular weight is 753 g/mol. The molecule has 5 aromatic rings. The van der Waals surface area contributed by atoms with Gasteiger partial charge in [0.15, 0.2) is 5.78 Å². The van der Waals surface area contributed by atoms with Gasteiger partial charge in [0.05, 0.1) is 16.9 Å². The largest absolute Gasteiger partial charge is 0.512 e. The Hall–Kier alpha value is -3.27. The van der Waals surface area contributed by atoms with E-state index in [0.29, 0.717) is 0 Å². The van der Waals surface area contributed by atoms with Crippen LogP contribution >= 0.6 is 0 Å². The fourth-order valence-electron chi connectivity index (χ4n) is 6.40. The molecular formula is C38H42IrNO3-. The first kappa shape index (κ1) is 32.6. The first-order valence-corrected chi connectivity index (χ1v) is 15.4. The van der Waals surface area contributed by atoms with Crippen molar-refractivity contribution in [2.45, 2.75) is 79.6 Å². The van der Waals surface area contributed by atoms with E-state index in [0.717, 1.165) is 59.0 Å². The fraction of sp³-hybridized carbons (Fsp3) is 0.368. The number of aryl methyl sites for hydroxylation is 1. The van der Waals surface area contributed by atoms with Gasteiger partial charge in [0.1, 0.15) is 5.58 Å². The maximum atomic E-state index is 11.7. The second-order valence-corrected chi connectivity index (χ2v) is 12.1. The van der Waals surface area contributed by atoms with Crippen molar-refractivity contribution in [3.8, 4) is 11.3 Å². The van der Waals surface area contributed by atoms with E-state index < -0.39 is 0 Å². The summed E-state index contributed by atoms with van der Waals surface area (Å²) < 4.78 is 6.17. The third kappa shape index (κ3) is 5.95. The Morgan fingerprint density at radius 2 is 1.60 bits per heavy atom. The summed E-state index contributed by atoms with van der Waals surface area (Å²) in [5.74, 6) is 0.547. The molecule has 0 spiro atoms. The number of aliphatic hydroxyl groups excluding tert-OH is 1. The number of rotatable bonds is 7. The van der Waals surface area contributed by atoms with Crippen LogP contribution < -0.4 is 0 Å². The molecule has 6 rings (SSSR count). The van der Waals surface area contributed by atoms with Gasteiger partial charge in [0.25, 0.3) is 0 Å². The predicted octanol–water partition coefficient (Wildman–Crippen LogP) is 10.4. The zero-order valence-electron chi connectivity index (χ0n) is 26.3. The van der Waals surface area contributed by atoms with E-state index in [9.17, 15) is 9.90 Å². The summed E-state index contributed by atoms with van der Waals surface area (Å²) in [5, 5.41) is 13.3. The standard InChI is InChI=1S/C25H18NO.C13H24O2.Ir/c1-14-10-11-19-15(12-14)13-18-24(26-19)16-6-4-8-20-22(16)23-17(25(18,2)3)7-5-9-21(23)27-20;1-5-10(6-2)12(14)9-13(15)11(7-3)8-4;/h4-5,7-13H,1-3H3;9-11,14H,5-8H2,1-4H3;/q-1;;/b;12-9-;. The van der Waals surface area contributed by atoms with Gasteiger partial charge in [0.2, 0.25) is 0 Å². The van der Waals surface area contributed by atoms with E-state index in [-0.39, 0.29) is 48.9 Å². The van der Waals surface area contributed by atoms with Gasteiger partial charge in [-0.2, -0.15) is 0 Å². The Bertz CT molecular complexity index is 1810. The number of aromatic nitrogens is 1. The second kappa shape index (κ2) is 13.2. The number of carbonyl (C=O) groups is 1. The number of ketones is 1. The quantitative estimate of drug-likeness (QED) is 0.102. The van der Waals surface area contributed by atoms with Crippen LogP contribution in [-0.4, -0.2) is 15.9 Å². The molecule has 2 aromatic heterocycles. The molecule has 1 radical (unpaired) electrons. The van der Waals surface area contributed by atoms with Gasteiger partial charge in [0, 0.05) is 43.4 Å². The number of fused-ring (bicyclic) bond motifs is 3. The first-order valence-electron chi connectivity index (χ1n) is 15.4. The molecule has 5 heteroatoms. The summed E-state index contributed by atoms with van der Waals surface area (Å²) in [5.41, 5.74) is 8.50. The molecule has 227 valence electrons. The van der Waals surface area contributed by atoms with Gasteiger partial charge in [-0.3, -0.25) is 9.78 Å². The van der Waals surface area contributed by atoms with Crippen LogP contribution in [0.1, 0.15) is 83.9 Å². The van der Waals surface area contributed by atoms with E-state index >= 15 is 0 Å². The molecule has 43 heavy (non-hydrogen) atoms. The smallest absolute Gasteiger partial charge is 0.162 e. The topological polar surface area (TPSA) is 63.3 Å². The summed E-state index contributed by atoms with van der Waals surface area (Å²) in [6.07, 6.45) is 4.91. The van der Waals surface area contributed by atoms with Crippen LogP contribution in [0.25, 0.3) is 44.1 Å². The van der Waals surface area contributed by atoms with Crippen LogP contribution in [0, 0.1) is 24.8 Å². The molecule has 0 bridgehead atoms. The number of hydrogen-bond donors (Lipinski definition) is 1. The third-order valence-corrected chi connectivity index (χ3v) is 9.09. The Morgan fingerprint density at radius 3 is 2.28 bits per heavy atom. The molecule has 1 aliphatic carbocycles. The Kier molecular flexibility index (Phi) is 9.99. The molecule has 1 aliphatic rings. The monoisotopic (exact) mass is 753 g/mol. The van der Waals surface area contributed by atoms with Gasteiger partial charge < -0.3 is 9.52 Å². The molecule has 1 N–H and O–H groups in total. The van der Waals surface area contributed by atoms with E-state index in [4.69, 9.17) is 9.40 Å². The molecule has 0 atom stereocenters. The molecule has 0 amide bonds. The third-order valence-electron chi connectivity index (χ3n) is 9.09. The normalized spacial score (nSPS) is 13.7. The number of carbonyl (C=O) groups excluding carboxylic acids is 1. The maximum absolute atomic E-state index is 11.7. The minimum Gasteiger partial charge on any atom is -0.512 e. The molecule has 0 saturated heterocycles. The Morgan fingerprint density at radius 1 is 0.930 bits per heavy atom. The van der Waals surface area contributed by atoms with Crippen molar-refractivity contribution in [1.82, 2.24) is 4.98 Å². The molecule has 0 saturated carbocycles. The second-order valence-electron chi connectivity index (χ2n) is 12.1. The van der Waals surface area contributed by atoms with Crippen molar-refractivity contribution in [1.29, 1.82) is 0 Å². The number of hydrogen-bond acceptors (Lipinski definition) is 4. The van der Waals surface area contributed by atoms with Crippen molar-refractivity contribution in [2.75, 3.05) is 0 Å². The SMILES string of the molecule is CCC(CC)C(=O)/C=C(\O)C(CC)CC.Cc1ccc2nc3c(cc2c1)C(C)(C)c1cccc2oc4cc[c-]c-3c4c12.[Ir]. The maximum Gasteiger partial charge on any atom is 0.162 e. The van der Waals surface area contributed by atoms with Gasteiger partial charge in [-0.05, 0) is 72.8 Å². The average Bonchev–Trinajstić information content (AvgIpc) is 3.33.